The number of hydrogen-bond donors (Lipinski definition) is 1. The normalized spacial score (nSPS) is 10.7. The Balaban J connectivity index is 3.04. The predicted molar refractivity (Wildman–Crippen MR) is 78.5 cm³/mol. The van der Waals surface area contributed by atoms with Crippen LogP contribution >= 0.6 is 11.6 Å². The van der Waals surface area contributed by atoms with E-state index in [2.05, 4.69) is 0 Å². The number of hydrogen-bond acceptors (Lipinski definition) is 4. The van der Waals surface area contributed by atoms with E-state index in [-0.39, 0.29) is 17.1 Å². The van der Waals surface area contributed by atoms with E-state index >= 15 is 0 Å². The molecule has 0 spiro atoms. The van der Waals surface area contributed by atoms with Gasteiger partial charge in [-0.05, 0) is 25.5 Å². The van der Waals surface area contributed by atoms with E-state index in [0.29, 0.717) is 32.9 Å². The lowest BCUT2D eigenvalue weighted by molar-refractivity contribution is 0.101. The summed E-state index contributed by atoms with van der Waals surface area (Å²) in [5.41, 5.74) is 0.935. The summed E-state index contributed by atoms with van der Waals surface area (Å²) in [5, 5.41) is 11.8. The van der Waals surface area contributed by atoms with Crippen LogP contribution in [-0.4, -0.2) is 25.1 Å². The second-order valence-electron chi connectivity index (χ2n) is 4.49. The van der Waals surface area contributed by atoms with Crippen molar-refractivity contribution in [2.24, 2.45) is 0 Å². The summed E-state index contributed by atoms with van der Waals surface area (Å²) >= 11 is 6.14. The number of ketones is 1. The summed E-state index contributed by atoms with van der Waals surface area (Å²) < 4.78 is 10.5. The zero-order valence-corrected chi connectivity index (χ0v) is 12.5. The van der Waals surface area contributed by atoms with Crippen LogP contribution in [0.4, 0.5) is 0 Å². The molecule has 2 aromatic carbocycles. The maximum atomic E-state index is 11.7. The molecule has 0 aliphatic rings. The van der Waals surface area contributed by atoms with Crippen molar-refractivity contribution in [1.82, 2.24) is 0 Å². The molecule has 0 fully saturated rings. The minimum absolute atomic E-state index is 0.112. The number of phenolic OH excluding ortho intramolecular Hbond substituents is 1. The number of Topliss-reactive ketones (excluding diaryl/α,β-unsaturated/α-hetero) is 1. The number of methoxy groups -OCH3 is 2. The van der Waals surface area contributed by atoms with Gasteiger partial charge >= 0.3 is 0 Å². The number of aromatic hydroxyl groups is 1. The SMILES string of the molecule is COc1c(Cl)cc(OC)c2c(O)c(C(C)=O)c(C)cc12. The molecule has 20 heavy (non-hydrogen) atoms. The summed E-state index contributed by atoms with van der Waals surface area (Å²) in [5.74, 6) is 0.513. The van der Waals surface area contributed by atoms with Gasteiger partial charge in [0.15, 0.2) is 5.78 Å². The lowest BCUT2D eigenvalue weighted by atomic mass is 9.96. The van der Waals surface area contributed by atoms with Gasteiger partial charge < -0.3 is 14.6 Å². The summed E-state index contributed by atoms with van der Waals surface area (Å²) in [6, 6.07) is 3.32. The summed E-state index contributed by atoms with van der Waals surface area (Å²) in [7, 11) is 2.97. The molecule has 0 bridgehead atoms. The zero-order valence-electron chi connectivity index (χ0n) is 11.7. The van der Waals surface area contributed by atoms with Gasteiger partial charge in [-0.25, -0.2) is 0 Å². The third-order valence-corrected chi connectivity index (χ3v) is 3.52. The Morgan fingerprint density at radius 1 is 1.25 bits per heavy atom. The summed E-state index contributed by atoms with van der Waals surface area (Å²) in [6.07, 6.45) is 0. The number of ether oxygens (including phenoxy) is 2. The van der Waals surface area contributed by atoms with Crippen molar-refractivity contribution in [2.75, 3.05) is 14.2 Å². The molecule has 106 valence electrons. The highest BCUT2D eigenvalue weighted by Gasteiger charge is 2.21. The molecule has 0 radical (unpaired) electrons. The Labute approximate surface area is 121 Å². The molecule has 5 heteroatoms. The number of halogens is 1. The number of rotatable bonds is 3. The minimum Gasteiger partial charge on any atom is -0.506 e. The molecule has 0 saturated carbocycles. The largest absolute Gasteiger partial charge is 0.506 e. The molecule has 1 N–H and O–H groups in total. The quantitative estimate of drug-likeness (QED) is 0.876. The molecule has 0 unspecified atom stereocenters. The van der Waals surface area contributed by atoms with Crippen molar-refractivity contribution in [3.8, 4) is 17.2 Å². The molecule has 4 nitrogen and oxygen atoms in total. The monoisotopic (exact) mass is 294 g/mol. The van der Waals surface area contributed by atoms with E-state index < -0.39 is 0 Å². The van der Waals surface area contributed by atoms with Crippen LogP contribution in [0.15, 0.2) is 12.1 Å². The van der Waals surface area contributed by atoms with E-state index in [4.69, 9.17) is 21.1 Å². The van der Waals surface area contributed by atoms with Crippen LogP contribution in [0.5, 0.6) is 17.2 Å². The highest BCUT2D eigenvalue weighted by atomic mass is 35.5. The maximum absolute atomic E-state index is 11.7. The Bertz CT molecular complexity index is 707. The number of aryl methyl sites for hydroxylation is 1. The Hall–Kier alpha value is -1.94. The molecule has 0 aliphatic heterocycles. The first-order valence-electron chi connectivity index (χ1n) is 6.00. The number of fused-ring (bicyclic) bond motifs is 1. The van der Waals surface area contributed by atoms with E-state index in [1.54, 1.807) is 19.1 Å². The van der Waals surface area contributed by atoms with E-state index in [0.717, 1.165) is 0 Å². The molecule has 2 rings (SSSR count). The third kappa shape index (κ3) is 2.06. The molecule has 0 saturated heterocycles. The molecule has 2 aromatic rings. The average Bonchev–Trinajstić information content (AvgIpc) is 2.36. The van der Waals surface area contributed by atoms with Gasteiger partial charge in [-0.1, -0.05) is 11.6 Å². The standard InChI is InChI=1S/C15H15ClO4/c1-7-5-9-13(14(18)12(7)8(2)17)11(19-3)6-10(16)15(9)20-4/h5-6,18H,1-4H3. The van der Waals surface area contributed by atoms with Crippen molar-refractivity contribution in [1.29, 1.82) is 0 Å². The van der Waals surface area contributed by atoms with Gasteiger partial charge in [0, 0.05) is 11.5 Å². The molecule has 0 aromatic heterocycles. The van der Waals surface area contributed by atoms with Crippen LogP contribution in [0.3, 0.4) is 0 Å². The van der Waals surface area contributed by atoms with Crippen molar-refractivity contribution in [2.45, 2.75) is 13.8 Å². The molecule has 0 amide bonds. The van der Waals surface area contributed by atoms with Gasteiger partial charge in [-0.15, -0.1) is 0 Å². The fraction of sp³-hybridized carbons (Fsp3) is 0.267. The smallest absolute Gasteiger partial charge is 0.163 e. The van der Waals surface area contributed by atoms with Gasteiger partial charge in [-0.2, -0.15) is 0 Å². The number of phenols is 1. The van der Waals surface area contributed by atoms with Crippen molar-refractivity contribution < 1.29 is 19.4 Å². The molecular weight excluding hydrogens is 280 g/mol. The first-order valence-corrected chi connectivity index (χ1v) is 6.37. The van der Waals surface area contributed by atoms with Crippen molar-refractivity contribution in [3.05, 3.63) is 28.3 Å². The average molecular weight is 295 g/mol. The van der Waals surface area contributed by atoms with Crippen LogP contribution in [0.25, 0.3) is 10.8 Å². The fourth-order valence-electron chi connectivity index (χ4n) is 2.42. The molecule has 0 aliphatic carbocycles. The first kappa shape index (κ1) is 14.5. The van der Waals surface area contributed by atoms with Crippen molar-refractivity contribution >= 4 is 28.2 Å². The summed E-state index contributed by atoms with van der Waals surface area (Å²) in [4.78, 5) is 11.7. The minimum atomic E-state index is -0.210. The van der Waals surface area contributed by atoms with Gasteiger partial charge in [0.05, 0.1) is 30.2 Å². The van der Waals surface area contributed by atoms with Crippen LogP contribution in [0.1, 0.15) is 22.8 Å². The van der Waals surface area contributed by atoms with E-state index in [1.807, 2.05) is 0 Å². The highest BCUT2D eigenvalue weighted by molar-refractivity contribution is 6.34. The maximum Gasteiger partial charge on any atom is 0.163 e. The highest BCUT2D eigenvalue weighted by Crippen LogP contribution is 2.45. The van der Waals surface area contributed by atoms with E-state index in [9.17, 15) is 9.90 Å². The topological polar surface area (TPSA) is 55.8 Å². The van der Waals surface area contributed by atoms with Gasteiger partial charge in [0.25, 0.3) is 0 Å². The van der Waals surface area contributed by atoms with E-state index in [1.165, 1.54) is 21.1 Å². The molecular formula is C15H15ClO4. The Morgan fingerprint density at radius 2 is 1.90 bits per heavy atom. The first-order chi connectivity index (χ1) is 9.42. The second-order valence-corrected chi connectivity index (χ2v) is 4.90. The fourth-order valence-corrected chi connectivity index (χ4v) is 2.70. The number of carbonyl (C=O) groups excluding carboxylic acids is 1. The second kappa shape index (κ2) is 5.21. The number of carbonyl (C=O) groups is 1. The predicted octanol–water partition coefficient (Wildman–Crippen LogP) is 3.73. The summed E-state index contributed by atoms with van der Waals surface area (Å²) in [6.45, 7) is 3.16. The number of benzene rings is 2. The van der Waals surface area contributed by atoms with Crippen LogP contribution in [-0.2, 0) is 0 Å². The van der Waals surface area contributed by atoms with Crippen LogP contribution in [0.2, 0.25) is 5.02 Å². The van der Waals surface area contributed by atoms with Crippen molar-refractivity contribution in [3.63, 3.8) is 0 Å². The van der Waals surface area contributed by atoms with Gasteiger partial charge in [-0.3, -0.25) is 4.79 Å². The van der Waals surface area contributed by atoms with Crippen LogP contribution < -0.4 is 9.47 Å². The Kier molecular flexibility index (Phi) is 3.77. The lowest BCUT2D eigenvalue weighted by Gasteiger charge is -2.16. The molecule has 0 atom stereocenters. The van der Waals surface area contributed by atoms with Crippen LogP contribution in [0, 0.1) is 6.92 Å². The van der Waals surface area contributed by atoms with Gasteiger partial charge in [0.1, 0.15) is 17.2 Å². The lowest BCUT2D eigenvalue weighted by Crippen LogP contribution is -2.00. The van der Waals surface area contributed by atoms with Gasteiger partial charge in [0.2, 0.25) is 0 Å². The molecule has 0 heterocycles. The zero-order chi connectivity index (χ0) is 15.0. The third-order valence-electron chi connectivity index (χ3n) is 3.24. The Morgan fingerprint density at radius 3 is 2.40 bits per heavy atom.